The molecule has 0 unspecified atom stereocenters. The summed E-state index contributed by atoms with van der Waals surface area (Å²) in [7, 11) is 1.31. The van der Waals surface area contributed by atoms with E-state index in [4.69, 9.17) is 13.9 Å². The number of hydrogen-bond donors (Lipinski definition) is 0. The highest BCUT2D eigenvalue weighted by Crippen LogP contribution is 2.29. The van der Waals surface area contributed by atoms with E-state index >= 15 is 0 Å². The van der Waals surface area contributed by atoms with E-state index in [1.165, 1.54) is 7.11 Å². The first-order valence-corrected chi connectivity index (χ1v) is 5.89. The summed E-state index contributed by atoms with van der Waals surface area (Å²) in [6.07, 6.45) is 0.284. The molecule has 5 nitrogen and oxygen atoms in total. The number of hydrogen-bond acceptors (Lipinski definition) is 5. The van der Waals surface area contributed by atoms with Crippen LogP contribution in [0.3, 0.4) is 0 Å². The summed E-state index contributed by atoms with van der Waals surface area (Å²) in [6.45, 7) is 3.40. The standard InChI is InChI=1S/C14H14O5/c1-4-12(15)19-9-5-6-11-10(7-9)13(8(2)18-11)14(16)17-3/h5-7H,4H2,1-3H3. The van der Waals surface area contributed by atoms with E-state index in [-0.39, 0.29) is 12.4 Å². The maximum absolute atomic E-state index is 11.7. The Balaban J connectivity index is 2.51. The Hall–Kier alpha value is -2.30. The van der Waals surface area contributed by atoms with Crippen LogP contribution in [0.5, 0.6) is 5.75 Å². The van der Waals surface area contributed by atoms with Gasteiger partial charge in [-0.05, 0) is 25.1 Å². The zero-order valence-corrected chi connectivity index (χ0v) is 11.0. The monoisotopic (exact) mass is 262 g/mol. The highest BCUT2D eigenvalue weighted by atomic mass is 16.5. The van der Waals surface area contributed by atoms with E-state index in [1.807, 2.05) is 0 Å². The number of methoxy groups -OCH3 is 1. The minimum absolute atomic E-state index is 0.284. The summed E-state index contributed by atoms with van der Waals surface area (Å²) in [5.41, 5.74) is 0.904. The second-order valence-corrected chi connectivity index (χ2v) is 4.01. The number of fused-ring (bicyclic) bond motifs is 1. The Kier molecular flexibility index (Phi) is 3.55. The van der Waals surface area contributed by atoms with Gasteiger partial charge < -0.3 is 13.9 Å². The molecule has 0 bridgehead atoms. The number of carbonyl (C=O) groups excluding carboxylic acids is 2. The van der Waals surface area contributed by atoms with Crippen LogP contribution in [0.4, 0.5) is 0 Å². The lowest BCUT2D eigenvalue weighted by atomic mass is 10.1. The second-order valence-electron chi connectivity index (χ2n) is 4.01. The van der Waals surface area contributed by atoms with Gasteiger partial charge in [0.25, 0.3) is 0 Å². The number of rotatable bonds is 3. The van der Waals surface area contributed by atoms with E-state index in [2.05, 4.69) is 0 Å². The first-order chi connectivity index (χ1) is 9.06. The van der Waals surface area contributed by atoms with E-state index in [1.54, 1.807) is 32.0 Å². The van der Waals surface area contributed by atoms with E-state index < -0.39 is 5.97 Å². The van der Waals surface area contributed by atoms with Crippen LogP contribution in [0, 0.1) is 6.92 Å². The summed E-state index contributed by atoms with van der Waals surface area (Å²) in [5.74, 6) is 0.0422. The third-order valence-corrected chi connectivity index (χ3v) is 2.75. The summed E-state index contributed by atoms with van der Waals surface area (Å²) in [5, 5.41) is 0.575. The van der Waals surface area contributed by atoms with Crippen LogP contribution in [-0.4, -0.2) is 19.0 Å². The van der Waals surface area contributed by atoms with Gasteiger partial charge in [-0.15, -0.1) is 0 Å². The van der Waals surface area contributed by atoms with Crippen LogP contribution in [-0.2, 0) is 9.53 Å². The van der Waals surface area contributed by atoms with Crippen molar-refractivity contribution in [3.8, 4) is 5.75 Å². The first kappa shape index (κ1) is 13.1. The number of aryl methyl sites for hydroxylation is 1. The Bertz CT molecular complexity index is 639. The van der Waals surface area contributed by atoms with Crippen molar-refractivity contribution in [2.24, 2.45) is 0 Å². The van der Waals surface area contributed by atoms with Crippen molar-refractivity contribution >= 4 is 22.9 Å². The quantitative estimate of drug-likeness (QED) is 0.628. The molecular weight excluding hydrogens is 248 g/mol. The van der Waals surface area contributed by atoms with Gasteiger partial charge in [-0.3, -0.25) is 4.79 Å². The normalized spacial score (nSPS) is 10.5. The van der Waals surface area contributed by atoms with Gasteiger partial charge in [0, 0.05) is 11.8 Å². The van der Waals surface area contributed by atoms with Crippen LogP contribution in [0.25, 0.3) is 11.0 Å². The third-order valence-electron chi connectivity index (χ3n) is 2.75. The molecule has 0 radical (unpaired) electrons. The maximum Gasteiger partial charge on any atom is 0.342 e. The number of furan rings is 1. The third kappa shape index (κ3) is 2.45. The summed E-state index contributed by atoms with van der Waals surface area (Å²) < 4.78 is 15.3. The van der Waals surface area contributed by atoms with E-state index in [0.717, 1.165) is 0 Å². The van der Waals surface area contributed by atoms with E-state index in [9.17, 15) is 9.59 Å². The molecule has 0 spiro atoms. The fourth-order valence-electron chi connectivity index (χ4n) is 1.82. The average molecular weight is 262 g/mol. The molecule has 0 N–H and O–H groups in total. The molecule has 2 aromatic rings. The van der Waals surface area contributed by atoms with Crippen LogP contribution >= 0.6 is 0 Å². The van der Waals surface area contributed by atoms with Crippen molar-refractivity contribution in [2.75, 3.05) is 7.11 Å². The molecule has 0 fully saturated rings. The topological polar surface area (TPSA) is 65.7 Å². The number of carbonyl (C=O) groups is 2. The minimum atomic E-state index is -0.477. The fourth-order valence-corrected chi connectivity index (χ4v) is 1.82. The largest absolute Gasteiger partial charge is 0.465 e. The summed E-state index contributed by atoms with van der Waals surface area (Å²) >= 11 is 0. The van der Waals surface area contributed by atoms with Gasteiger partial charge >= 0.3 is 11.9 Å². The summed E-state index contributed by atoms with van der Waals surface area (Å²) in [4.78, 5) is 23.0. The Morgan fingerprint density at radius 1 is 1.32 bits per heavy atom. The molecule has 100 valence electrons. The van der Waals surface area contributed by atoms with Gasteiger partial charge in [-0.25, -0.2) is 4.79 Å². The van der Waals surface area contributed by atoms with Gasteiger partial charge in [0.15, 0.2) is 0 Å². The van der Waals surface area contributed by atoms with Crippen molar-refractivity contribution in [2.45, 2.75) is 20.3 Å². The van der Waals surface area contributed by atoms with E-state index in [0.29, 0.717) is 28.0 Å². The Morgan fingerprint density at radius 3 is 2.68 bits per heavy atom. The Labute approximate surface area is 110 Å². The smallest absolute Gasteiger partial charge is 0.342 e. The number of ether oxygens (including phenoxy) is 2. The summed E-state index contributed by atoms with van der Waals surface area (Å²) in [6, 6.07) is 4.89. The highest BCUT2D eigenvalue weighted by Gasteiger charge is 2.19. The van der Waals surface area contributed by atoms with Gasteiger partial charge in [0.2, 0.25) is 0 Å². The molecule has 1 heterocycles. The molecule has 0 aliphatic heterocycles. The molecule has 1 aromatic carbocycles. The lowest BCUT2D eigenvalue weighted by molar-refractivity contribution is -0.134. The van der Waals surface area contributed by atoms with Gasteiger partial charge in [0.05, 0.1) is 7.11 Å². The van der Waals surface area contributed by atoms with Crippen LogP contribution in [0.2, 0.25) is 0 Å². The number of benzene rings is 1. The van der Waals surface area contributed by atoms with Gasteiger partial charge in [-0.1, -0.05) is 6.92 Å². The Morgan fingerprint density at radius 2 is 2.05 bits per heavy atom. The first-order valence-electron chi connectivity index (χ1n) is 5.89. The zero-order valence-electron chi connectivity index (χ0n) is 11.0. The lowest BCUT2D eigenvalue weighted by Crippen LogP contribution is -2.05. The molecule has 0 amide bonds. The average Bonchev–Trinajstić information content (AvgIpc) is 2.73. The molecule has 2 rings (SSSR count). The fraction of sp³-hybridized carbons (Fsp3) is 0.286. The van der Waals surface area contributed by atoms with Crippen LogP contribution in [0.15, 0.2) is 22.6 Å². The minimum Gasteiger partial charge on any atom is -0.465 e. The molecule has 0 atom stereocenters. The molecule has 5 heteroatoms. The van der Waals surface area contributed by atoms with Crippen molar-refractivity contribution in [1.29, 1.82) is 0 Å². The second kappa shape index (κ2) is 5.14. The molecule has 1 aromatic heterocycles. The van der Waals surface area contributed by atoms with Gasteiger partial charge in [0.1, 0.15) is 22.7 Å². The van der Waals surface area contributed by atoms with Crippen molar-refractivity contribution in [3.05, 3.63) is 29.5 Å². The number of esters is 2. The van der Waals surface area contributed by atoms with Gasteiger partial charge in [-0.2, -0.15) is 0 Å². The lowest BCUT2D eigenvalue weighted by Gasteiger charge is -2.02. The van der Waals surface area contributed by atoms with Crippen LogP contribution in [0.1, 0.15) is 29.5 Å². The molecule has 0 saturated heterocycles. The molecular formula is C14H14O5. The molecule has 0 aliphatic carbocycles. The molecule has 19 heavy (non-hydrogen) atoms. The highest BCUT2D eigenvalue weighted by molar-refractivity contribution is 6.04. The van der Waals surface area contributed by atoms with Crippen molar-refractivity contribution in [3.63, 3.8) is 0 Å². The SMILES string of the molecule is CCC(=O)Oc1ccc2oc(C)c(C(=O)OC)c2c1. The van der Waals surface area contributed by atoms with Crippen molar-refractivity contribution < 1.29 is 23.5 Å². The molecule has 0 saturated carbocycles. The van der Waals surface area contributed by atoms with Crippen molar-refractivity contribution in [1.82, 2.24) is 0 Å². The predicted octanol–water partition coefficient (Wildman–Crippen LogP) is 2.84. The molecule has 0 aliphatic rings. The predicted molar refractivity (Wildman–Crippen MR) is 68.2 cm³/mol. The van der Waals surface area contributed by atoms with Crippen LogP contribution < -0.4 is 4.74 Å². The zero-order chi connectivity index (χ0) is 14.0. The maximum atomic E-state index is 11.7.